The molecule has 3 N–H and O–H groups in total. The fourth-order valence-electron chi connectivity index (χ4n) is 2.39. The van der Waals surface area contributed by atoms with Gasteiger partial charge in [0.15, 0.2) is 0 Å². The highest BCUT2D eigenvalue weighted by Crippen LogP contribution is 2.34. The van der Waals surface area contributed by atoms with Crippen molar-refractivity contribution in [3.63, 3.8) is 0 Å². The summed E-state index contributed by atoms with van der Waals surface area (Å²) < 4.78 is 32.9. The van der Waals surface area contributed by atoms with E-state index in [2.05, 4.69) is 4.72 Å². The van der Waals surface area contributed by atoms with E-state index in [1.807, 2.05) is 6.07 Å². The zero-order chi connectivity index (χ0) is 14.8. The Hall–Kier alpha value is -0.950. The van der Waals surface area contributed by atoms with Crippen molar-refractivity contribution < 1.29 is 13.2 Å². The van der Waals surface area contributed by atoms with E-state index in [0.29, 0.717) is 18.0 Å². The number of sulfonamides is 1. The number of nitrogens with one attached hydrogen (secondary N) is 1. The SMILES string of the molecule is COC1(CNS(=O)(=O)c2cc(CN)ccc2C)CCC1. The minimum Gasteiger partial charge on any atom is -0.377 e. The van der Waals surface area contributed by atoms with E-state index in [1.165, 1.54) is 0 Å². The summed E-state index contributed by atoms with van der Waals surface area (Å²) in [6.45, 7) is 2.42. The van der Waals surface area contributed by atoms with E-state index < -0.39 is 10.0 Å². The largest absolute Gasteiger partial charge is 0.377 e. The topological polar surface area (TPSA) is 81.4 Å². The first-order chi connectivity index (χ1) is 9.42. The number of methoxy groups -OCH3 is 1. The van der Waals surface area contributed by atoms with E-state index in [1.54, 1.807) is 26.2 Å². The highest BCUT2D eigenvalue weighted by Gasteiger charge is 2.38. The van der Waals surface area contributed by atoms with Crippen molar-refractivity contribution in [3.05, 3.63) is 29.3 Å². The third kappa shape index (κ3) is 3.03. The van der Waals surface area contributed by atoms with Crippen molar-refractivity contribution >= 4 is 10.0 Å². The molecule has 0 amide bonds. The number of benzene rings is 1. The van der Waals surface area contributed by atoms with Gasteiger partial charge in [-0.15, -0.1) is 0 Å². The molecule has 5 nitrogen and oxygen atoms in total. The molecule has 2 rings (SSSR count). The third-order valence-electron chi connectivity index (χ3n) is 4.06. The van der Waals surface area contributed by atoms with Crippen LogP contribution in [0.1, 0.15) is 30.4 Å². The Morgan fingerprint density at radius 3 is 2.60 bits per heavy atom. The van der Waals surface area contributed by atoms with Crippen LogP contribution in [0.5, 0.6) is 0 Å². The van der Waals surface area contributed by atoms with Crippen LogP contribution in [0.25, 0.3) is 0 Å². The van der Waals surface area contributed by atoms with Crippen molar-refractivity contribution in [3.8, 4) is 0 Å². The molecule has 0 aromatic heterocycles. The third-order valence-corrected chi connectivity index (χ3v) is 5.60. The Labute approximate surface area is 120 Å². The van der Waals surface area contributed by atoms with Crippen molar-refractivity contribution in [2.24, 2.45) is 5.73 Å². The minimum absolute atomic E-state index is 0.297. The Morgan fingerprint density at radius 1 is 1.40 bits per heavy atom. The lowest BCUT2D eigenvalue weighted by Crippen LogP contribution is -2.49. The number of hydrogen-bond acceptors (Lipinski definition) is 4. The molecule has 1 aromatic rings. The monoisotopic (exact) mass is 298 g/mol. The molecule has 0 spiro atoms. The molecular formula is C14H22N2O3S. The second kappa shape index (κ2) is 5.81. The molecule has 1 fully saturated rings. The van der Waals surface area contributed by atoms with Crippen LogP contribution in [0.4, 0.5) is 0 Å². The maximum Gasteiger partial charge on any atom is 0.240 e. The summed E-state index contributed by atoms with van der Waals surface area (Å²) in [4.78, 5) is 0.297. The van der Waals surface area contributed by atoms with Gasteiger partial charge in [-0.2, -0.15) is 0 Å². The molecule has 0 bridgehead atoms. The van der Waals surface area contributed by atoms with Gasteiger partial charge >= 0.3 is 0 Å². The van der Waals surface area contributed by atoms with Gasteiger partial charge in [0.05, 0.1) is 10.5 Å². The van der Waals surface area contributed by atoms with Gasteiger partial charge in [0.2, 0.25) is 10.0 Å². The smallest absolute Gasteiger partial charge is 0.240 e. The zero-order valence-corrected chi connectivity index (χ0v) is 12.8. The Bertz CT molecular complexity index is 575. The summed E-state index contributed by atoms with van der Waals surface area (Å²) in [6, 6.07) is 5.26. The predicted octanol–water partition coefficient (Wildman–Crippen LogP) is 1.30. The van der Waals surface area contributed by atoms with Crippen molar-refractivity contribution in [2.75, 3.05) is 13.7 Å². The summed E-state index contributed by atoms with van der Waals surface area (Å²) in [5.41, 5.74) is 6.77. The molecule has 0 unspecified atom stereocenters. The average Bonchev–Trinajstić information content (AvgIpc) is 2.38. The molecule has 0 aliphatic heterocycles. The lowest BCUT2D eigenvalue weighted by atomic mass is 9.80. The Kier molecular flexibility index (Phi) is 4.49. The van der Waals surface area contributed by atoms with Crippen molar-refractivity contribution in [1.82, 2.24) is 4.72 Å². The van der Waals surface area contributed by atoms with E-state index >= 15 is 0 Å². The van der Waals surface area contributed by atoms with Gasteiger partial charge in [0.1, 0.15) is 0 Å². The van der Waals surface area contributed by atoms with E-state index in [4.69, 9.17) is 10.5 Å². The van der Waals surface area contributed by atoms with E-state index in [9.17, 15) is 8.42 Å². The summed E-state index contributed by atoms with van der Waals surface area (Å²) in [5.74, 6) is 0. The van der Waals surface area contributed by atoms with Gasteiger partial charge < -0.3 is 10.5 Å². The molecule has 1 aliphatic carbocycles. The molecule has 0 heterocycles. The van der Waals surface area contributed by atoms with Crippen LogP contribution in [-0.4, -0.2) is 27.7 Å². The molecule has 0 atom stereocenters. The number of hydrogen-bond donors (Lipinski definition) is 2. The lowest BCUT2D eigenvalue weighted by Gasteiger charge is -2.40. The molecule has 6 heteroatoms. The molecule has 1 aromatic carbocycles. The number of ether oxygens (including phenoxy) is 1. The van der Waals surface area contributed by atoms with Crippen molar-refractivity contribution in [1.29, 1.82) is 0 Å². The lowest BCUT2D eigenvalue weighted by molar-refractivity contribution is -0.0659. The van der Waals surface area contributed by atoms with Crippen LogP contribution in [0, 0.1) is 6.92 Å². The molecule has 20 heavy (non-hydrogen) atoms. The Morgan fingerprint density at radius 2 is 2.10 bits per heavy atom. The van der Waals surface area contributed by atoms with Gasteiger partial charge in [-0.05, 0) is 43.4 Å². The highest BCUT2D eigenvalue weighted by molar-refractivity contribution is 7.89. The van der Waals surface area contributed by atoms with Crippen LogP contribution in [0.15, 0.2) is 23.1 Å². The van der Waals surface area contributed by atoms with Gasteiger partial charge in [0.25, 0.3) is 0 Å². The maximum atomic E-state index is 12.4. The van der Waals surface area contributed by atoms with Crippen molar-refractivity contribution in [2.45, 2.75) is 43.2 Å². The van der Waals surface area contributed by atoms with Crippen LogP contribution < -0.4 is 10.5 Å². The molecule has 1 aliphatic rings. The predicted molar refractivity (Wildman–Crippen MR) is 77.8 cm³/mol. The van der Waals surface area contributed by atoms with Gasteiger partial charge in [-0.3, -0.25) is 0 Å². The summed E-state index contributed by atoms with van der Waals surface area (Å²) in [6.07, 6.45) is 2.87. The molecule has 1 saturated carbocycles. The fraction of sp³-hybridized carbons (Fsp3) is 0.571. The van der Waals surface area contributed by atoms with E-state index in [0.717, 1.165) is 30.4 Å². The van der Waals surface area contributed by atoms with Gasteiger partial charge in [-0.25, -0.2) is 13.1 Å². The first kappa shape index (κ1) is 15.4. The van der Waals surface area contributed by atoms with Gasteiger partial charge in [0, 0.05) is 20.2 Å². The molecule has 112 valence electrons. The first-order valence-corrected chi connectivity index (χ1v) is 8.25. The fourth-order valence-corrected chi connectivity index (χ4v) is 3.80. The zero-order valence-electron chi connectivity index (χ0n) is 12.0. The molecule has 0 radical (unpaired) electrons. The summed E-state index contributed by atoms with van der Waals surface area (Å²) in [7, 11) is -1.90. The first-order valence-electron chi connectivity index (χ1n) is 6.77. The maximum absolute atomic E-state index is 12.4. The van der Waals surface area contributed by atoms with Crippen LogP contribution in [0.2, 0.25) is 0 Å². The minimum atomic E-state index is -3.53. The summed E-state index contributed by atoms with van der Waals surface area (Å²) >= 11 is 0. The highest BCUT2D eigenvalue weighted by atomic mass is 32.2. The molecular weight excluding hydrogens is 276 g/mol. The van der Waals surface area contributed by atoms with Crippen LogP contribution >= 0.6 is 0 Å². The standard InChI is InChI=1S/C14H22N2O3S/c1-11-4-5-12(9-15)8-13(11)20(17,18)16-10-14(19-2)6-3-7-14/h4-5,8,16H,3,6-7,9-10,15H2,1-2H3. The summed E-state index contributed by atoms with van der Waals surface area (Å²) in [5, 5.41) is 0. The number of nitrogens with two attached hydrogens (primary N) is 1. The number of rotatable bonds is 6. The van der Waals surface area contributed by atoms with Gasteiger partial charge in [-0.1, -0.05) is 12.1 Å². The molecule has 0 saturated heterocycles. The average molecular weight is 298 g/mol. The second-order valence-corrected chi connectivity index (χ2v) is 7.10. The van der Waals surface area contributed by atoms with E-state index in [-0.39, 0.29) is 5.60 Å². The quantitative estimate of drug-likeness (QED) is 0.829. The normalized spacial score (nSPS) is 17.8. The second-order valence-electron chi connectivity index (χ2n) is 5.37. The number of aryl methyl sites for hydroxylation is 1. The van der Waals surface area contributed by atoms with Crippen LogP contribution in [-0.2, 0) is 21.3 Å². The van der Waals surface area contributed by atoms with Crippen LogP contribution in [0.3, 0.4) is 0 Å². The Balaban J connectivity index is 2.18.